The zero-order valence-electron chi connectivity index (χ0n) is 43.6. The van der Waals surface area contributed by atoms with E-state index in [2.05, 4.69) is 33.8 Å². The molecule has 17 nitrogen and oxygen atoms in total. The second-order valence-electron chi connectivity index (χ2n) is 19.3. The quantitative estimate of drug-likeness (QED) is 0.0279. The number of thiophene rings is 1. The van der Waals surface area contributed by atoms with Gasteiger partial charge < -0.3 is 49.1 Å². The van der Waals surface area contributed by atoms with Crippen molar-refractivity contribution in [2.45, 2.75) is 85.5 Å². The van der Waals surface area contributed by atoms with Crippen LogP contribution in [0.2, 0.25) is 0 Å². The molecule has 402 valence electrons. The highest BCUT2D eigenvalue weighted by atomic mass is 32.2. The molecule has 2 aliphatic rings. The van der Waals surface area contributed by atoms with Crippen LogP contribution >= 0.6 is 23.1 Å². The molecular formula is C56H69N5O12S2. The number of aliphatic hydroxyl groups is 1. The lowest BCUT2D eigenvalue weighted by Crippen LogP contribution is -2.58. The summed E-state index contributed by atoms with van der Waals surface area (Å²) in [6.45, 7) is 21.7. The zero-order chi connectivity index (χ0) is 53.9. The number of rotatable bonds is 28. The number of carbonyl (C=O) groups excluding carboxylic acids is 5. The van der Waals surface area contributed by atoms with E-state index in [0.29, 0.717) is 61.7 Å². The number of unbranched alkanes of at least 4 members (excludes halogenated alkanes) is 1. The van der Waals surface area contributed by atoms with E-state index in [9.17, 15) is 29.1 Å². The first-order chi connectivity index (χ1) is 36.0. The fourth-order valence-electron chi connectivity index (χ4n) is 8.22. The lowest BCUT2D eigenvalue weighted by Gasteiger charge is -2.35. The number of aryl methyl sites for hydroxylation is 3. The molecule has 1 aromatic heterocycles. The number of nitrogens with one attached hydrogen (secondary N) is 2. The molecule has 3 heterocycles. The summed E-state index contributed by atoms with van der Waals surface area (Å²) < 4.78 is 34.1. The summed E-state index contributed by atoms with van der Waals surface area (Å²) in [7, 11) is 0. The molecule has 3 atom stereocenters. The van der Waals surface area contributed by atoms with Crippen molar-refractivity contribution in [1.82, 2.24) is 20.4 Å². The minimum atomic E-state index is -0.967. The van der Waals surface area contributed by atoms with Gasteiger partial charge in [-0.2, -0.15) is 0 Å². The third kappa shape index (κ3) is 17.6. The Kier molecular flexibility index (Phi) is 22.4. The number of amides is 5. The molecule has 0 spiro atoms. The third-order valence-electron chi connectivity index (χ3n) is 12.3. The lowest BCUT2D eigenvalue weighted by atomic mass is 9.85. The van der Waals surface area contributed by atoms with Crippen LogP contribution in [0.25, 0.3) is 21.4 Å². The fourth-order valence-corrected chi connectivity index (χ4v) is 10.0. The highest BCUT2D eigenvalue weighted by molar-refractivity contribution is 8.18. The summed E-state index contributed by atoms with van der Waals surface area (Å²) >= 11 is 2.58. The van der Waals surface area contributed by atoms with Gasteiger partial charge in [0.05, 0.1) is 70.4 Å². The SMILES string of the molecule is [C-]#[N+]c1ccc(Oc2ccc(/C=C3\SC(=O)N(CCOCCOCCCCOCCOCCOCC(=O)N[C@H](C(=O)N4C[C@H](O)C[C@H]4C(=O)NCc4ccc(-c5sccc5C)cc4)C(C)(C)C)C3=O)cc2C)c(C)c1. The molecule has 6 rings (SSSR count). The molecule has 2 aliphatic heterocycles. The minimum Gasteiger partial charge on any atom is -0.457 e. The molecule has 0 aliphatic carbocycles. The Balaban J connectivity index is 0.759. The summed E-state index contributed by atoms with van der Waals surface area (Å²) in [6.07, 6.45) is 2.50. The third-order valence-corrected chi connectivity index (χ3v) is 14.3. The van der Waals surface area contributed by atoms with Crippen molar-refractivity contribution in [1.29, 1.82) is 0 Å². The summed E-state index contributed by atoms with van der Waals surface area (Å²) in [5.41, 5.74) is 5.54. The average Bonchev–Trinajstić information content (AvgIpc) is 4.07. The van der Waals surface area contributed by atoms with E-state index in [1.54, 1.807) is 35.6 Å². The van der Waals surface area contributed by atoms with Crippen molar-refractivity contribution >= 4 is 63.7 Å². The Bertz CT molecular complexity index is 2660. The van der Waals surface area contributed by atoms with Gasteiger partial charge in [-0.25, -0.2) is 4.85 Å². The molecule has 0 bridgehead atoms. The Morgan fingerprint density at radius 3 is 2.05 bits per heavy atom. The van der Waals surface area contributed by atoms with Crippen LogP contribution < -0.4 is 15.4 Å². The molecule has 4 aromatic rings. The van der Waals surface area contributed by atoms with Crippen LogP contribution in [0.1, 0.15) is 67.9 Å². The van der Waals surface area contributed by atoms with Gasteiger partial charge >= 0.3 is 0 Å². The monoisotopic (exact) mass is 1070 g/mol. The number of likely N-dealkylation sites (tertiary alicyclic amines) is 1. The van der Waals surface area contributed by atoms with Gasteiger partial charge in [0, 0.05) is 37.6 Å². The minimum absolute atomic E-state index is 0.0175. The Hall–Kier alpha value is -5.95. The van der Waals surface area contributed by atoms with Gasteiger partial charge in [-0.15, -0.1) is 11.3 Å². The number of thioether (sulfide) groups is 1. The molecule has 19 heteroatoms. The average molecular weight is 1070 g/mol. The number of imide groups is 1. The number of β-amino-alcohol motifs (C(OH)–C–C–N with tert-alkyl or cyclic N) is 1. The number of hydrogen-bond donors (Lipinski definition) is 3. The van der Waals surface area contributed by atoms with Gasteiger partial charge in [-0.3, -0.25) is 28.9 Å². The lowest BCUT2D eigenvalue weighted by molar-refractivity contribution is -0.144. The number of aliphatic hydroxyl groups excluding tert-OH is 1. The van der Waals surface area contributed by atoms with Gasteiger partial charge in [-0.05, 0) is 126 Å². The van der Waals surface area contributed by atoms with Crippen molar-refractivity contribution < 1.29 is 57.5 Å². The first kappa shape index (κ1) is 58.3. The van der Waals surface area contributed by atoms with Crippen LogP contribution in [-0.2, 0) is 49.4 Å². The first-order valence-electron chi connectivity index (χ1n) is 25.1. The molecule has 0 saturated carbocycles. The summed E-state index contributed by atoms with van der Waals surface area (Å²) in [4.78, 5) is 73.5. The standard InChI is InChI=1S/C56H69N5O12S2/c1-37-18-29-74-50(37)42-13-10-40(11-14-42)34-58-52(64)45-33-44(62)35-61(45)54(66)51(56(4,5)6)59-49(63)36-72-28-27-71-26-24-69-21-9-8-20-68-23-25-70-22-19-60-53(65)48(75-55(60)67)32-41-12-16-46(38(2)30-41)73-47-17-15-43(57-7)31-39(47)3/h10-18,29-32,44-45,51,62H,8-9,19-28,33-36H2,1-6H3,(H,58,64)(H,59,63)/b48-32-/t44-,45+,51-/m1/s1. The van der Waals surface area contributed by atoms with Crippen molar-refractivity contribution in [2.75, 3.05) is 79.2 Å². The molecule has 3 N–H and O–H groups in total. The van der Waals surface area contributed by atoms with Crippen molar-refractivity contribution in [3.8, 4) is 21.9 Å². The van der Waals surface area contributed by atoms with Gasteiger partial charge in [0.1, 0.15) is 30.2 Å². The van der Waals surface area contributed by atoms with Gasteiger partial charge in [-0.1, -0.05) is 57.2 Å². The zero-order valence-corrected chi connectivity index (χ0v) is 45.3. The van der Waals surface area contributed by atoms with Gasteiger partial charge in [0.2, 0.25) is 17.7 Å². The van der Waals surface area contributed by atoms with Crippen LogP contribution in [-0.4, -0.2) is 141 Å². The largest absolute Gasteiger partial charge is 0.457 e. The van der Waals surface area contributed by atoms with E-state index in [4.69, 9.17) is 35.0 Å². The molecule has 0 radical (unpaired) electrons. The van der Waals surface area contributed by atoms with Crippen molar-refractivity contribution in [2.24, 2.45) is 5.41 Å². The maximum absolute atomic E-state index is 13.9. The van der Waals surface area contributed by atoms with Gasteiger partial charge in [0.25, 0.3) is 11.1 Å². The van der Waals surface area contributed by atoms with Crippen LogP contribution in [0.5, 0.6) is 11.5 Å². The Labute approximate surface area is 448 Å². The molecular weight excluding hydrogens is 999 g/mol. The number of carbonyl (C=O) groups is 5. The predicted molar refractivity (Wildman–Crippen MR) is 289 cm³/mol. The molecule has 0 unspecified atom stereocenters. The number of nitrogens with zero attached hydrogens (tertiary/aromatic N) is 3. The molecule has 3 aromatic carbocycles. The molecule has 2 saturated heterocycles. The van der Waals surface area contributed by atoms with E-state index in [0.717, 1.165) is 52.4 Å². The topological polar surface area (TPSA) is 196 Å². The first-order valence-corrected chi connectivity index (χ1v) is 26.8. The van der Waals surface area contributed by atoms with E-state index in [1.807, 2.05) is 77.1 Å². The number of hydrogen-bond acceptors (Lipinski definition) is 14. The molecule has 5 amide bonds. The highest BCUT2D eigenvalue weighted by Gasteiger charge is 2.44. The Morgan fingerprint density at radius 1 is 0.813 bits per heavy atom. The highest BCUT2D eigenvalue weighted by Crippen LogP contribution is 2.35. The summed E-state index contributed by atoms with van der Waals surface area (Å²) in [5, 5.41) is 18.0. The van der Waals surface area contributed by atoms with Crippen LogP contribution in [0, 0.1) is 32.8 Å². The van der Waals surface area contributed by atoms with E-state index < -0.39 is 35.4 Å². The van der Waals surface area contributed by atoms with Crippen LogP contribution in [0.15, 0.2) is 77.0 Å². The summed E-state index contributed by atoms with van der Waals surface area (Å²) in [5.74, 6) is -0.353. The molecule has 2 fully saturated rings. The number of benzene rings is 3. The number of ether oxygens (including phenoxy) is 6. The van der Waals surface area contributed by atoms with Crippen LogP contribution in [0.4, 0.5) is 10.5 Å². The second-order valence-corrected chi connectivity index (χ2v) is 21.3. The van der Waals surface area contributed by atoms with Crippen LogP contribution in [0.3, 0.4) is 0 Å². The maximum Gasteiger partial charge on any atom is 0.293 e. The van der Waals surface area contributed by atoms with Gasteiger partial charge in [0.15, 0.2) is 5.69 Å². The Morgan fingerprint density at radius 2 is 1.44 bits per heavy atom. The smallest absolute Gasteiger partial charge is 0.293 e. The van der Waals surface area contributed by atoms with Crippen molar-refractivity contribution in [3.05, 3.63) is 116 Å². The fraction of sp³-hybridized carbons (Fsp3) is 0.464. The van der Waals surface area contributed by atoms with E-state index in [1.165, 1.54) is 20.2 Å². The predicted octanol–water partition coefficient (Wildman–Crippen LogP) is 8.39. The maximum atomic E-state index is 13.9. The molecule has 75 heavy (non-hydrogen) atoms. The van der Waals surface area contributed by atoms with E-state index >= 15 is 0 Å². The normalized spacial score (nSPS) is 16.6. The second kappa shape index (κ2) is 28.8. The van der Waals surface area contributed by atoms with E-state index in [-0.39, 0.29) is 69.5 Å². The summed E-state index contributed by atoms with van der Waals surface area (Å²) in [6, 6.07) is 19.0. The van der Waals surface area contributed by atoms with Crippen molar-refractivity contribution in [3.63, 3.8) is 0 Å².